The highest BCUT2D eigenvalue weighted by Gasteiger charge is 2.16. The summed E-state index contributed by atoms with van der Waals surface area (Å²) in [6.07, 6.45) is 0. The fourth-order valence-corrected chi connectivity index (χ4v) is 4.14. The highest BCUT2D eigenvalue weighted by Crippen LogP contribution is 2.31. The molecule has 4 aromatic rings. The normalized spacial score (nSPS) is 10.8. The number of rotatable bonds is 8. The maximum Gasteiger partial charge on any atom is 0.196 e. The number of hydrogen-bond donors (Lipinski definition) is 0. The van der Waals surface area contributed by atoms with Gasteiger partial charge >= 0.3 is 0 Å². The zero-order valence-corrected chi connectivity index (χ0v) is 18.9. The maximum absolute atomic E-state index is 6.08. The molecule has 0 fully saturated rings. The molecule has 0 amide bonds. The third kappa shape index (κ3) is 5.03. The van der Waals surface area contributed by atoms with Crippen LogP contribution in [0.4, 0.5) is 0 Å². The molecule has 0 saturated carbocycles. The summed E-state index contributed by atoms with van der Waals surface area (Å²) < 4.78 is 12.9. The lowest BCUT2D eigenvalue weighted by molar-refractivity contribution is 0.340. The Bertz CT molecular complexity index is 1130. The molecular weight excluding hydrogens is 430 g/mol. The summed E-state index contributed by atoms with van der Waals surface area (Å²) >= 11 is 7.71. The van der Waals surface area contributed by atoms with Gasteiger partial charge in [-0.25, -0.2) is 0 Å². The molecule has 3 aromatic carbocycles. The van der Waals surface area contributed by atoms with E-state index in [9.17, 15) is 0 Å². The van der Waals surface area contributed by atoms with Crippen LogP contribution in [0.15, 0.2) is 78.0 Å². The molecular formula is C24H22ClN3O2S. The molecule has 1 aromatic heterocycles. The van der Waals surface area contributed by atoms with Gasteiger partial charge in [-0.3, -0.25) is 4.57 Å². The first-order valence-electron chi connectivity index (χ1n) is 9.88. The minimum atomic E-state index is 0.630. The Morgan fingerprint density at radius 3 is 2.19 bits per heavy atom. The van der Waals surface area contributed by atoms with Crippen molar-refractivity contribution in [2.24, 2.45) is 0 Å². The van der Waals surface area contributed by atoms with Crippen LogP contribution in [0.25, 0.3) is 17.1 Å². The fraction of sp³-hybridized carbons (Fsp3) is 0.167. The molecule has 0 unspecified atom stereocenters. The van der Waals surface area contributed by atoms with Crippen molar-refractivity contribution < 1.29 is 9.47 Å². The van der Waals surface area contributed by atoms with E-state index >= 15 is 0 Å². The standard InChI is InChI=1S/C24H22ClN3O2S/c1-3-30-22-14-10-20(11-15-22)28-23(18-6-8-19(25)9-7-18)26-27-24(28)31-16-17-4-12-21(29-2)13-5-17/h4-15H,3,16H2,1-2H3. The van der Waals surface area contributed by atoms with Crippen molar-refractivity contribution in [3.05, 3.63) is 83.4 Å². The second-order valence-electron chi connectivity index (χ2n) is 6.71. The smallest absolute Gasteiger partial charge is 0.196 e. The van der Waals surface area contributed by atoms with Gasteiger partial charge in [-0.15, -0.1) is 10.2 Å². The molecule has 31 heavy (non-hydrogen) atoms. The number of ether oxygens (including phenoxy) is 2. The van der Waals surface area contributed by atoms with E-state index in [0.29, 0.717) is 11.6 Å². The van der Waals surface area contributed by atoms with Crippen LogP contribution in [0.3, 0.4) is 0 Å². The molecule has 0 aliphatic carbocycles. The van der Waals surface area contributed by atoms with Gasteiger partial charge in [0.25, 0.3) is 0 Å². The van der Waals surface area contributed by atoms with Crippen LogP contribution in [0.5, 0.6) is 11.5 Å². The molecule has 0 aliphatic rings. The molecule has 158 valence electrons. The zero-order valence-electron chi connectivity index (χ0n) is 17.3. The summed E-state index contributed by atoms with van der Waals surface area (Å²) in [7, 11) is 1.67. The zero-order chi connectivity index (χ0) is 21.6. The third-order valence-electron chi connectivity index (χ3n) is 4.67. The van der Waals surface area contributed by atoms with Crippen molar-refractivity contribution in [2.45, 2.75) is 17.8 Å². The average molecular weight is 452 g/mol. The SMILES string of the molecule is CCOc1ccc(-n2c(SCc3ccc(OC)cc3)nnc2-c2ccc(Cl)cc2)cc1. The minimum Gasteiger partial charge on any atom is -0.497 e. The molecule has 0 N–H and O–H groups in total. The van der Waals surface area contributed by atoms with Crippen molar-refractivity contribution in [2.75, 3.05) is 13.7 Å². The first-order valence-corrected chi connectivity index (χ1v) is 11.2. The highest BCUT2D eigenvalue weighted by atomic mass is 35.5. The van der Waals surface area contributed by atoms with E-state index in [1.54, 1.807) is 18.9 Å². The van der Waals surface area contributed by atoms with Crippen LogP contribution in [0.2, 0.25) is 5.02 Å². The molecule has 4 rings (SSSR count). The first-order chi connectivity index (χ1) is 15.2. The Morgan fingerprint density at radius 2 is 1.55 bits per heavy atom. The lowest BCUT2D eigenvalue weighted by Crippen LogP contribution is -2.00. The van der Waals surface area contributed by atoms with E-state index in [2.05, 4.69) is 26.9 Å². The lowest BCUT2D eigenvalue weighted by atomic mass is 10.2. The molecule has 0 aliphatic heterocycles. The van der Waals surface area contributed by atoms with Crippen molar-refractivity contribution in [1.82, 2.24) is 14.8 Å². The van der Waals surface area contributed by atoms with Crippen molar-refractivity contribution in [3.8, 4) is 28.6 Å². The van der Waals surface area contributed by atoms with Gasteiger partial charge in [-0.05, 0) is 73.2 Å². The molecule has 0 saturated heterocycles. The summed E-state index contributed by atoms with van der Waals surface area (Å²) in [5, 5.41) is 10.5. The van der Waals surface area contributed by atoms with E-state index in [-0.39, 0.29) is 0 Å². The number of nitrogens with zero attached hydrogens (tertiary/aromatic N) is 3. The lowest BCUT2D eigenvalue weighted by Gasteiger charge is -2.12. The van der Waals surface area contributed by atoms with E-state index in [4.69, 9.17) is 21.1 Å². The molecule has 0 spiro atoms. The van der Waals surface area contributed by atoms with Crippen molar-refractivity contribution in [3.63, 3.8) is 0 Å². The second-order valence-corrected chi connectivity index (χ2v) is 8.09. The maximum atomic E-state index is 6.08. The predicted octanol–water partition coefficient (Wildman–Crippen LogP) is 6.29. The van der Waals surface area contributed by atoms with Gasteiger partial charge in [0.05, 0.1) is 13.7 Å². The predicted molar refractivity (Wildman–Crippen MR) is 126 cm³/mol. The summed E-state index contributed by atoms with van der Waals surface area (Å²) in [5.41, 5.74) is 3.10. The van der Waals surface area contributed by atoms with Gasteiger partial charge in [0, 0.05) is 22.0 Å². The van der Waals surface area contributed by atoms with Gasteiger partial charge in [0.15, 0.2) is 11.0 Å². The second kappa shape index (κ2) is 9.90. The van der Waals surface area contributed by atoms with Crippen LogP contribution < -0.4 is 9.47 Å². The van der Waals surface area contributed by atoms with Gasteiger partial charge < -0.3 is 9.47 Å². The van der Waals surface area contributed by atoms with Crippen LogP contribution in [-0.2, 0) is 5.75 Å². The molecule has 0 atom stereocenters. The molecule has 5 nitrogen and oxygen atoms in total. The number of methoxy groups -OCH3 is 1. The molecule has 7 heteroatoms. The first kappa shape index (κ1) is 21.3. The van der Waals surface area contributed by atoms with Crippen molar-refractivity contribution in [1.29, 1.82) is 0 Å². The number of aromatic nitrogens is 3. The largest absolute Gasteiger partial charge is 0.497 e. The quantitative estimate of drug-likeness (QED) is 0.295. The van der Waals surface area contributed by atoms with E-state index < -0.39 is 0 Å². The Labute approximate surface area is 191 Å². The van der Waals surface area contributed by atoms with E-state index in [1.807, 2.05) is 67.6 Å². The average Bonchev–Trinajstić information content (AvgIpc) is 3.23. The fourth-order valence-electron chi connectivity index (χ4n) is 3.11. The van der Waals surface area contributed by atoms with Crippen LogP contribution >= 0.6 is 23.4 Å². The summed E-state index contributed by atoms with van der Waals surface area (Å²) in [6.45, 7) is 2.60. The van der Waals surface area contributed by atoms with Gasteiger partial charge in [-0.2, -0.15) is 0 Å². The number of thioether (sulfide) groups is 1. The molecule has 0 radical (unpaired) electrons. The van der Waals surface area contributed by atoms with Gasteiger partial charge in [0.1, 0.15) is 11.5 Å². The van der Waals surface area contributed by atoms with E-state index in [1.165, 1.54) is 5.56 Å². The Hall–Kier alpha value is -2.96. The Morgan fingerprint density at radius 1 is 0.871 bits per heavy atom. The van der Waals surface area contributed by atoms with Crippen LogP contribution in [0, 0.1) is 0 Å². The Balaban J connectivity index is 1.67. The monoisotopic (exact) mass is 451 g/mol. The number of benzene rings is 3. The Kier molecular flexibility index (Phi) is 6.79. The van der Waals surface area contributed by atoms with Gasteiger partial charge in [0.2, 0.25) is 0 Å². The topological polar surface area (TPSA) is 49.2 Å². The molecule has 0 bridgehead atoms. The minimum absolute atomic E-state index is 0.630. The summed E-state index contributed by atoms with van der Waals surface area (Å²) in [5.74, 6) is 3.20. The number of halogens is 1. The van der Waals surface area contributed by atoms with E-state index in [0.717, 1.165) is 39.5 Å². The van der Waals surface area contributed by atoms with Gasteiger partial charge in [-0.1, -0.05) is 35.5 Å². The molecule has 1 heterocycles. The summed E-state index contributed by atoms with van der Waals surface area (Å²) in [6, 6.07) is 23.6. The highest BCUT2D eigenvalue weighted by molar-refractivity contribution is 7.98. The van der Waals surface area contributed by atoms with Crippen molar-refractivity contribution >= 4 is 23.4 Å². The third-order valence-corrected chi connectivity index (χ3v) is 5.92. The number of hydrogen-bond acceptors (Lipinski definition) is 5. The van der Waals surface area contributed by atoms with Crippen LogP contribution in [0.1, 0.15) is 12.5 Å². The summed E-state index contributed by atoms with van der Waals surface area (Å²) in [4.78, 5) is 0. The van der Waals surface area contributed by atoms with Crippen LogP contribution in [-0.4, -0.2) is 28.5 Å².